The molecule has 0 aliphatic heterocycles. The lowest BCUT2D eigenvalue weighted by atomic mass is 10.1. The minimum absolute atomic E-state index is 0.0425. The first-order chi connectivity index (χ1) is 7.00. The number of halogens is 2. The highest BCUT2D eigenvalue weighted by atomic mass is 35.5. The van der Waals surface area contributed by atoms with Crippen LogP contribution in [-0.2, 0) is 0 Å². The van der Waals surface area contributed by atoms with E-state index in [0.717, 1.165) is 0 Å². The van der Waals surface area contributed by atoms with Crippen molar-refractivity contribution in [2.24, 2.45) is 0 Å². The Hall–Kier alpha value is -1.35. The Labute approximate surface area is 93.0 Å². The number of rotatable bonds is 3. The van der Waals surface area contributed by atoms with Crippen molar-refractivity contribution >= 4 is 17.4 Å². The molecule has 80 valence electrons. The fraction of sp³-hybridized carbons (Fsp3) is 0.182. The van der Waals surface area contributed by atoms with Gasteiger partial charge in [-0.25, -0.2) is 4.39 Å². The van der Waals surface area contributed by atoms with Gasteiger partial charge in [-0.15, -0.1) is 0 Å². The van der Waals surface area contributed by atoms with E-state index in [1.165, 1.54) is 24.3 Å². The van der Waals surface area contributed by atoms with Gasteiger partial charge in [-0.2, -0.15) is 0 Å². The topological polar surface area (TPSA) is 20.3 Å². The second kappa shape index (κ2) is 4.94. The van der Waals surface area contributed by atoms with Gasteiger partial charge in [0.25, 0.3) is 0 Å². The predicted molar refractivity (Wildman–Crippen MR) is 58.6 cm³/mol. The van der Waals surface area contributed by atoms with E-state index in [1.807, 2.05) is 0 Å². The molecule has 4 heteroatoms. The molecule has 15 heavy (non-hydrogen) atoms. The van der Waals surface area contributed by atoms with Gasteiger partial charge in [-0.3, -0.25) is 4.79 Å². The van der Waals surface area contributed by atoms with Crippen LogP contribution in [0.1, 0.15) is 10.4 Å². The van der Waals surface area contributed by atoms with Gasteiger partial charge in [0.05, 0.1) is 5.02 Å². The second-order valence-corrected chi connectivity index (χ2v) is 3.68. The second-order valence-electron chi connectivity index (χ2n) is 3.27. The molecule has 2 nitrogen and oxygen atoms in total. The summed E-state index contributed by atoms with van der Waals surface area (Å²) in [4.78, 5) is 13.3. The van der Waals surface area contributed by atoms with Gasteiger partial charge >= 0.3 is 0 Å². The van der Waals surface area contributed by atoms with Crippen molar-refractivity contribution in [1.29, 1.82) is 0 Å². The van der Waals surface area contributed by atoms with Crippen LogP contribution in [0.25, 0.3) is 0 Å². The molecule has 0 N–H and O–H groups in total. The van der Waals surface area contributed by atoms with Crippen LogP contribution < -0.4 is 0 Å². The summed E-state index contributed by atoms with van der Waals surface area (Å²) in [6.07, 6.45) is 3.03. The Morgan fingerprint density at radius 1 is 1.47 bits per heavy atom. The van der Waals surface area contributed by atoms with Gasteiger partial charge in [0.15, 0.2) is 5.78 Å². The molecule has 0 bridgehead atoms. The third kappa shape index (κ3) is 3.36. The molecule has 0 heterocycles. The zero-order chi connectivity index (χ0) is 11.4. The summed E-state index contributed by atoms with van der Waals surface area (Å²) >= 11 is 5.56. The fourth-order valence-electron chi connectivity index (χ4n) is 0.962. The summed E-state index contributed by atoms with van der Waals surface area (Å²) in [5.74, 6) is -0.726. The van der Waals surface area contributed by atoms with E-state index in [1.54, 1.807) is 25.2 Å². The molecule has 0 aromatic heterocycles. The number of allylic oxidation sites excluding steroid dienone is 1. The Bertz CT molecular complexity index is 402. The molecule has 0 saturated heterocycles. The van der Waals surface area contributed by atoms with E-state index in [9.17, 15) is 9.18 Å². The maximum absolute atomic E-state index is 12.8. The molecule has 0 aliphatic rings. The maximum atomic E-state index is 12.8. The van der Waals surface area contributed by atoms with Crippen LogP contribution in [0.5, 0.6) is 0 Å². The first-order valence-electron chi connectivity index (χ1n) is 4.34. The highest BCUT2D eigenvalue weighted by Crippen LogP contribution is 2.16. The van der Waals surface area contributed by atoms with Crippen molar-refractivity contribution in [3.05, 3.63) is 46.9 Å². The van der Waals surface area contributed by atoms with Gasteiger partial charge in [-0.1, -0.05) is 11.6 Å². The van der Waals surface area contributed by atoms with E-state index in [4.69, 9.17) is 11.6 Å². The molecular weight excluding hydrogens is 217 g/mol. The van der Waals surface area contributed by atoms with Crippen LogP contribution in [0.15, 0.2) is 30.5 Å². The Kier molecular flexibility index (Phi) is 3.86. The third-order valence-electron chi connectivity index (χ3n) is 1.73. The quantitative estimate of drug-likeness (QED) is 0.585. The molecule has 0 amide bonds. The first kappa shape index (κ1) is 11.7. The molecule has 0 unspecified atom stereocenters. The third-order valence-corrected chi connectivity index (χ3v) is 2.02. The normalized spacial score (nSPS) is 10.7. The Morgan fingerprint density at radius 2 is 2.13 bits per heavy atom. The SMILES string of the molecule is CN(C)/C=C/C(=O)c1ccc(F)c(Cl)c1. The number of carbonyl (C=O) groups is 1. The lowest BCUT2D eigenvalue weighted by Gasteiger charge is -2.03. The lowest BCUT2D eigenvalue weighted by Crippen LogP contribution is -2.03. The summed E-state index contributed by atoms with van der Waals surface area (Å²) in [7, 11) is 3.61. The monoisotopic (exact) mass is 227 g/mol. The van der Waals surface area contributed by atoms with Crippen molar-refractivity contribution in [1.82, 2.24) is 4.90 Å². The summed E-state index contributed by atoms with van der Waals surface area (Å²) in [5.41, 5.74) is 0.375. The zero-order valence-corrected chi connectivity index (χ0v) is 9.25. The van der Waals surface area contributed by atoms with Gasteiger partial charge in [0, 0.05) is 31.9 Å². The number of hydrogen-bond donors (Lipinski definition) is 0. The largest absolute Gasteiger partial charge is 0.383 e. The van der Waals surface area contributed by atoms with Gasteiger partial charge < -0.3 is 4.90 Å². The van der Waals surface area contributed by atoms with E-state index in [2.05, 4.69) is 0 Å². The summed E-state index contributed by atoms with van der Waals surface area (Å²) in [6, 6.07) is 3.90. The van der Waals surface area contributed by atoms with Crippen LogP contribution in [-0.4, -0.2) is 24.8 Å². The molecule has 1 aromatic rings. The maximum Gasteiger partial charge on any atom is 0.187 e. The molecule has 0 saturated carbocycles. The van der Waals surface area contributed by atoms with Gasteiger partial charge in [-0.05, 0) is 18.2 Å². The summed E-state index contributed by atoms with van der Waals surface area (Å²) in [5, 5.41) is -0.0425. The summed E-state index contributed by atoms with van der Waals surface area (Å²) < 4.78 is 12.8. The fourth-order valence-corrected chi connectivity index (χ4v) is 1.14. The van der Waals surface area contributed by atoms with E-state index in [0.29, 0.717) is 5.56 Å². The molecular formula is C11H11ClFNO. The molecule has 0 radical (unpaired) electrons. The van der Waals surface area contributed by atoms with Crippen LogP contribution in [0, 0.1) is 5.82 Å². The van der Waals surface area contributed by atoms with E-state index in [-0.39, 0.29) is 10.8 Å². The van der Waals surface area contributed by atoms with Crippen LogP contribution in [0.2, 0.25) is 5.02 Å². The highest BCUT2D eigenvalue weighted by molar-refractivity contribution is 6.31. The lowest BCUT2D eigenvalue weighted by molar-refractivity contribution is 0.104. The molecule has 1 aromatic carbocycles. The average molecular weight is 228 g/mol. The molecule has 1 rings (SSSR count). The Balaban J connectivity index is 2.88. The number of ketones is 1. The predicted octanol–water partition coefficient (Wildman–Crippen LogP) is 2.74. The van der Waals surface area contributed by atoms with Gasteiger partial charge in [0.1, 0.15) is 5.82 Å². The number of carbonyl (C=O) groups excluding carboxylic acids is 1. The first-order valence-corrected chi connectivity index (χ1v) is 4.72. The van der Waals surface area contributed by atoms with E-state index < -0.39 is 5.82 Å². The average Bonchev–Trinajstić information content (AvgIpc) is 2.18. The highest BCUT2D eigenvalue weighted by Gasteiger charge is 2.05. The van der Waals surface area contributed by atoms with Crippen molar-refractivity contribution < 1.29 is 9.18 Å². The smallest absolute Gasteiger partial charge is 0.187 e. The van der Waals surface area contributed by atoms with Crippen molar-refractivity contribution in [2.45, 2.75) is 0 Å². The molecule has 0 atom stereocenters. The minimum Gasteiger partial charge on any atom is -0.383 e. The van der Waals surface area contributed by atoms with Crippen molar-refractivity contribution in [3.63, 3.8) is 0 Å². The number of benzene rings is 1. The van der Waals surface area contributed by atoms with Crippen LogP contribution in [0.4, 0.5) is 4.39 Å². The minimum atomic E-state index is -0.523. The molecule has 0 aliphatic carbocycles. The van der Waals surface area contributed by atoms with Crippen molar-refractivity contribution in [3.8, 4) is 0 Å². The Morgan fingerprint density at radius 3 is 2.67 bits per heavy atom. The van der Waals surface area contributed by atoms with Gasteiger partial charge in [0.2, 0.25) is 0 Å². The number of nitrogens with zero attached hydrogens (tertiary/aromatic N) is 1. The number of hydrogen-bond acceptors (Lipinski definition) is 2. The van der Waals surface area contributed by atoms with Crippen LogP contribution in [0.3, 0.4) is 0 Å². The van der Waals surface area contributed by atoms with Crippen LogP contribution >= 0.6 is 11.6 Å². The zero-order valence-electron chi connectivity index (χ0n) is 8.50. The molecule has 0 fully saturated rings. The standard InChI is InChI=1S/C11H11ClFNO/c1-14(2)6-5-11(15)8-3-4-10(13)9(12)7-8/h3-7H,1-2H3/b6-5+. The van der Waals surface area contributed by atoms with E-state index >= 15 is 0 Å². The summed E-state index contributed by atoms with van der Waals surface area (Å²) in [6.45, 7) is 0. The molecule has 0 spiro atoms. The van der Waals surface area contributed by atoms with Crippen molar-refractivity contribution in [2.75, 3.05) is 14.1 Å².